The topological polar surface area (TPSA) is 93.1 Å². The molecule has 1 aromatic rings. The highest BCUT2D eigenvalue weighted by molar-refractivity contribution is 8.03. The third-order valence-corrected chi connectivity index (χ3v) is 7.98. The Morgan fingerprint density at radius 1 is 1.25 bits per heavy atom. The number of hydrogen-bond acceptors (Lipinski definition) is 5. The molecule has 0 N–H and O–H groups in total. The van der Waals surface area contributed by atoms with Crippen LogP contribution in [0.4, 0.5) is 4.79 Å². The highest BCUT2D eigenvalue weighted by Crippen LogP contribution is 2.18. The van der Waals surface area contributed by atoms with Crippen LogP contribution in [0, 0.1) is 6.92 Å². The van der Waals surface area contributed by atoms with Gasteiger partial charge >= 0.3 is 6.09 Å². The first kappa shape index (κ1) is 18.7. The predicted molar refractivity (Wildman–Crippen MR) is 91.9 cm³/mol. The summed E-state index contributed by atoms with van der Waals surface area (Å²) >= 11 is 0. The average molecular weight is 374 g/mol. The zero-order valence-corrected chi connectivity index (χ0v) is 15.4. The van der Waals surface area contributed by atoms with Gasteiger partial charge in [-0.25, -0.2) is 9.00 Å². The van der Waals surface area contributed by atoms with Crippen LogP contribution in [0.15, 0.2) is 32.9 Å². The number of ether oxygens (including phenoxy) is 1. The van der Waals surface area contributed by atoms with Crippen LogP contribution < -0.4 is 0 Å². The molecular weight excluding hydrogens is 352 g/mol. The average Bonchev–Trinajstić information content (AvgIpc) is 2.53. The SMILES string of the molecule is CCCOC(=O)N1CCS(=O)(=NS(=O)(=O)c2ccc(C)cc2)CC1. The highest BCUT2D eigenvalue weighted by Gasteiger charge is 2.27. The van der Waals surface area contributed by atoms with Gasteiger partial charge in [-0.1, -0.05) is 24.6 Å². The van der Waals surface area contributed by atoms with E-state index in [0.29, 0.717) is 6.61 Å². The molecule has 2 rings (SSSR count). The Bertz CT molecular complexity index is 795. The van der Waals surface area contributed by atoms with Gasteiger partial charge in [-0.2, -0.15) is 8.42 Å². The number of rotatable bonds is 4. The van der Waals surface area contributed by atoms with E-state index in [1.165, 1.54) is 17.0 Å². The van der Waals surface area contributed by atoms with Crippen molar-refractivity contribution >= 4 is 25.8 Å². The molecule has 0 atom stereocenters. The molecule has 0 radical (unpaired) electrons. The van der Waals surface area contributed by atoms with Crippen LogP contribution in [0.25, 0.3) is 0 Å². The number of sulfonamides is 1. The smallest absolute Gasteiger partial charge is 0.409 e. The van der Waals surface area contributed by atoms with Crippen LogP contribution in [0.1, 0.15) is 18.9 Å². The number of carbonyl (C=O) groups is 1. The number of nitrogens with zero attached hydrogens (tertiary/aromatic N) is 2. The number of amides is 1. The molecule has 134 valence electrons. The maximum Gasteiger partial charge on any atom is 0.409 e. The van der Waals surface area contributed by atoms with Crippen LogP contribution in [-0.2, 0) is 24.5 Å². The molecule has 0 unspecified atom stereocenters. The zero-order valence-electron chi connectivity index (χ0n) is 13.8. The summed E-state index contributed by atoms with van der Waals surface area (Å²) in [4.78, 5) is 13.2. The van der Waals surface area contributed by atoms with Gasteiger partial charge in [0.05, 0.1) is 32.7 Å². The van der Waals surface area contributed by atoms with E-state index in [1.54, 1.807) is 12.1 Å². The van der Waals surface area contributed by atoms with Gasteiger partial charge in [-0.3, -0.25) is 0 Å². The molecule has 0 aliphatic carbocycles. The van der Waals surface area contributed by atoms with Gasteiger partial charge in [-0.05, 0) is 25.5 Å². The predicted octanol–water partition coefficient (Wildman–Crippen LogP) is 2.01. The van der Waals surface area contributed by atoms with Crippen molar-refractivity contribution in [3.05, 3.63) is 29.8 Å². The molecule has 1 saturated heterocycles. The summed E-state index contributed by atoms with van der Waals surface area (Å²) in [5.74, 6) is 0.0542. The first-order valence-corrected chi connectivity index (χ1v) is 11.0. The molecule has 1 fully saturated rings. The van der Waals surface area contributed by atoms with Gasteiger partial charge in [0, 0.05) is 13.1 Å². The zero-order chi connectivity index (χ0) is 17.8. The molecule has 1 aliphatic heterocycles. The number of benzene rings is 1. The van der Waals surface area contributed by atoms with Crippen molar-refractivity contribution in [2.24, 2.45) is 3.77 Å². The molecule has 9 heteroatoms. The lowest BCUT2D eigenvalue weighted by Gasteiger charge is -2.27. The fraction of sp³-hybridized carbons (Fsp3) is 0.533. The largest absolute Gasteiger partial charge is 0.449 e. The van der Waals surface area contributed by atoms with Gasteiger partial charge in [0.15, 0.2) is 0 Å². The summed E-state index contributed by atoms with van der Waals surface area (Å²) in [6.07, 6.45) is 0.264. The van der Waals surface area contributed by atoms with Crippen molar-refractivity contribution in [2.45, 2.75) is 25.2 Å². The monoisotopic (exact) mass is 374 g/mol. The van der Waals surface area contributed by atoms with Crippen molar-refractivity contribution in [1.82, 2.24) is 4.90 Å². The summed E-state index contributed by atoms with van der Waals surface area (Å²) < 4.78 is 46.1. The van der Waals surface area contributed by atoms with Crippen LogP contribution in [0.5, 0.6) is 0 Å². The summed E-state index contributed by atoms with van der Waals surface area (Å²) in [6.45, 7) is 4.42. The van der Waals surface area contributed by atoms with E-state index in [1.807, 2.05) is 13.8 Å². The molecular formula is C15H22N2O5S2. The first-order valence-electron chi connectivity index (χ1n) is 7.73. The lowest BCUT2D eigenvalue weighted by Crippen LogP contribution is -2.44. The second-order valence-electron chi connectivity index (χ2n) is 5.64. The van der Waals surface area contributed by atoms with Gasteiger partial charge < -0.3 is 9.64 Å². The molecule has 0 saturated carbocycles. The fourth-order valence-electron chi connectivity index (χ4n) is 2.19. The maximum absolute atomic E-state index is 12.7. The molecule has 1 amide bonds. The molecule has 1 aliphatic rings. The van der Waals surface area contributed by atoms with E-state index in [9.17, 15) is 17.4 Å². The van der Waals surface area contributed by atoms with Crippen LogP contribution in [-0.4, -0.2) is 54.8 Å². The molecule has 0 bridgehead atoms. The number of hydrogen-bond donors (Lipinski definition) is 0. The van der Waals surface area contributed by atoms with Gasteiger partial charge in [0.1, 0.15) is 0 Å². The summed E-state index contributed by atoms with van der Waals surface area (Å²) in [5.41, 5.74) is 0.928. The van der Waals surface area contributed by atoms with E-state index < -0.39 is 25.8 Å². The fourth-order valence-corrected chi connectivity index (χ4v) is 6.26. The Hall–Kier alpha value is -1.61. The second-order valence-corrected chi connectivity index (χ2v) is 10.0. The van der Waals surface area contributed by atoms with Crippen LogP contribution in [0.3, 0.4) is 0 Å². The Kier molecular flexibility index (Phi) is 5.87. The van der Waals surface area contributed by atoms with Gasteiger partial charge in [-0.15, -0.1) is 3.77 Å². The second kappa shape index (κ2) is 7.52. The first-order chi connectivity index (χ1) is 11.3. The molecule has 0 aromatic heterocycles. The van der Waals surface area contributed by atoms with Gasteiger partial charge in [0.25, 0.3) is 10.0 Å². The minimum atomic E-state index is -3.97. The Morgan fingerprint density at radius 2 is 1.83 bits per heavy atom. The van der Waals surface area contributed by atoms with Crippen molar-refractivity contribution in [3.63, 3.8) is 0 Å². The van der Waals surface area contributed by atoms with Crippen molar-refractivity contribution in [2.75, 3.05) is 31.2 Å². The Labute approximate surface area is 143 Å². The summed E-state index contributed by atoms with van der Waals surface area (Å²) in [7, 11) is -6.88. The Balaban J connectivity index is 2.12. The maximum atomic E-state index is 12.7. The molecule has 24 heavy (non-hydrogen) atoms. The van der Waals surface area contributed by atoms with E-state index in [0.717, 1.165) is 12.0 Å². The third-order valence-electron chi connectivity index (χ3n) is 3.60. The molecule has 1 aromatic carbocycles. The van der Waals surface area contributed by atoms with E-state index >= 15 is 0 Å². The van der Waals surface area contributed by atoms with Crippen LogP contribution in [0.2, 0.25) is 0 Å². The van der Waals surface area contributed by atoms with Crippen molar-refractivity contribution < 1.29 is 22.2 Å². The van der Waals surface area contributed by atoms with Gasteiger partial charge in [0.2, 0.25) is 0 Å². The van der Waals surface area contributed by atoms with E-state index in [2.05, 4.69) is 3.77 Å². The van der Waals surface area contributed by atoms with Crippen LogP contribution >= 0.6 is 0 Å². The number of aryl methyl sites for hydroxylation is 1. The molecule has 0 spiro atoms. The normalized spacial score (nSPS) is 17.3. The molecule has 1 heterocycles. The molecule has 7 nitrogen and oxygen atoms in total. The quantitative estimate of drug-likeness (QED) is 0.804. The minimum absolute atomic E-state index is 0.0271. The lowest BCUT2D eigenvalue weighted by molar-refractivity contribution is 0.106. The highest BCUT2D eigenvalue weighted by atomic mass is 32.3. The van der Waals surface area contributed by atoms with Crippen molar-refractivity contribution in [1.29, 1.82) is 0 Å². The lowest BCUT2D eigenvalue weighted by atomic mass is 10.2. The van der Waals surface area contributed by atoms with E-state index in [-0.39, 0.29) is 29.5 Å². The summed E-state index contributed by atoms with van der Waals surface area (Å²) in [6, 6.07) is 6.24. The van der Waals surface area contributed by atoms with E-state index in [4.69, 9.17) is 4.74 Å². The Morgan fingerprint density at radius 3 is 2.38 bits per heavy atom. The van der Waals surface area contributed by atoms with Crippen molar-refractivity contribution in [3.8, 4) is 0 Å². The third kappa shape index (κ3) is 4.70. The minimum Gasteiger partial charge on any atom is -0.449 e. The summed E-state index contributed by atoms with van der Waals surface area (Å²) in [5, 5.41) is 0. The standard InChI is InChI=1S/C15H22N2O5S2/c1-3-10-22-15(18)17-8-11-23(19,12-9-17)16-24(20,21)14-6-4-13(2)5-7-14/h4-7H,3,8-12H2,1-2H3. The number of carbonyl (C=O) groups excluding carboxylic acids is 1.